The molecule has 1 aromatic carbocycles. The number of nitrogen functional groups attached to an aromatic ring is 1. The van der Waals surface area contributed by atoms with Crippen molar-refractivity contribution in [1.82, 2.24) is 19.9 Å². The van der Waals surface area contributed by atoms with E-state index in [9.17, 15) is 22.8 Å². The first-order valence-electron chi connectivity index (χ1n) is 10.6. The molecule has 4 rings (SSSR count). The van der Waals surface area contributed by atoms with Gasteiger partial charge in [0, 0.05) is 23.4 Å². The third-order valence-corrected chi connectivity index (χ3v) is 5.30. The summed E-state index contributed by atoms with van der Waals surface area (Å²) < 4.78 is 55.1. The molecule has 0 aliphatic heterocycles. The maximum Gasteiger partial charge on any atom is 0.289 e. The number of pyridine rings is 2. The number of anilines is 1. The highest BCUT2D eigenvalue weighted by atomic mass is 19.2. The van der Waals surface area contributed by atoms with Gasteiger partial charge >= 0.3 is 0 Å². The van der Waals surface area contributed by atoms with Crippen LogP contribution in [0.5, 0.6) is 5.75 Å². The molecule has 3 heterocycles. The van der Waals surface area contributed by atoms with Gasteiger partial charge in [0.2, 0.25) is 5.76 Å². The normalized spacial score (nSPS) is 10.9. The molecule has 0 fully saturated rings. The van der Waals surface area contributed by atoms with Crippen molar-refractivity contribution in [2.45, 2.75) is 19.5 Å². The van der Waals surface area contributed by atoms with Gasteiger partial charge in [-0.3, -0.25) is 14.6 Å². The molecular weight excluding hydrogens is 479 g/mol. The monoisotopic (exact) mass is 499 g/mol. The van der Waals surface area contributed by atoms with E-state index >= 15 is 0 Å². The van der Waals surface area contributed by atoms with Gasteiger partial charge in [-0.1, -0.05) is 18.2 Å². The zero-order chi connectivity index (χ0) is 25.8. The molecule has 3 N–H and O–H groups in total. The summed E-state index contributed by atoms with van der Waals surface area (Å²) >= 11 is 0. The Kier molecular flexibility index (Phi) is 7.04. The summed E-state index contributed by atoms with van der Waals surface area (Å²) in [6.45, 7) is -0.426. The first-order valence-corrected chi connectivity index (χ1v) is 10.6. The lowest BCUT2D eigenvalue weighted by atomic mass is 10.1. The summed E-state index contributed by atoms with van der Waals surface area (Å²) in [6, 6.07) is 7.20. The summed E-state index contributed by atoms with van der Waals surface area (Å²) in [5.74, 6) is -4.18. The second-order valence-corrected chi connectivity index (χ2v) is 7.66. The predicted octanol–water partition coefficient (Wildman–Crippen LogP) is 2.81. The van der Waals surface area contributed by atoms with Gasteiger partial charge in [-0.05, 0) is 6.07 Å². The molecule has 0 aliphatic rings. The molecule has 0 saturated carbocycles. The van der Waals surface area contributed by atoms with Crippen LogP contribution in [0.3, 0.4) is 0 Å². The molecule has 0 aliphatic carbocycles. The van der Waals surface area contributed by atoms with Crippen molar-refractivity contribution in [2.75, 3.05) is 12.8 Å². The molecule has 0 bridgehead atoms. The summed E-state index contributed by atoms with van der Waals surface area (Å²) in [7, 11) is 1.25. The third kappa shape index (κ3) is 5.06. The predicted molar refractivity (Wildman–Crippen MR) is 122 cm³/mol. The van der Waals surface area contributed by atoms with E-state index in [1.807, 2.05) is 0 Å². The number of rotatable bonds is 8. The Labute approximate surface area is 202 Å². The lowest BCUT2D eigenvalue weighted by Crippen LogP contribution is -2.23. The maximum absolute atomic E-state index is 14.7. The van der Waals surface area contributed by atoms with Gasteiger partial charge in [0.05, 0.1) is 50.4 Å². The number of nitrogens with one attached hydrogen (secondary N) is 1. The van der Waals surface area contributed by atoms with Crippen LogP contribution in [0.15, 0.2) is 58.1 Å². The second kappa shape index (κ2) is 10.3. The van der Waals surface area contributed by atoms with E-state index in [2.05, 4.69) is 15.3 Å². The molecule has 0 spiro atoms. The number of oxazole rings is 1. The molecule has 0 atom stereocenters. The zero-order valence-electron chi connectivity index (χ0n) is 18.9. The van der Waals surface area contributed by atoms with Gasteiger partial charge < -0.3 is 24.8 Å². The highest BCUT2D eigenvalue weighted by molar-refractivity contribution is 5.91. The van der Waals surface area contributed by atoms with Gasteiger partial charge in [0.1, 0.15) is 0 Å². The van der Waals surface area contributed by atoms with E-state index in [1.54, 1.807) is 12.1 Å². The quantitative estimate of drug-likeness (QED) is 0.382. The molecule has 36 heavy (non-hydrogen) atoms. The lowest BCUT2D eigenvalue weighted by Gasteiger charge is -2.09. The molecule has 9 nitrogen and oxygen atoms in total. The average molecular weight is 499 g/mol. The summed E-state index contributed by atoms with van der Waals surface area (Å²) in [6.07, 6.45) is 3.56. The number of amides is 1. The van der Waals surface area contributed by atoms with Crippen molar-refractivity contribution in [3.63, 3.8) is 0 Å². The van der Waals surface area contributed by atoms with Crippen LogP contribution in [-0.2, 0) is 19.5 Å². The van der Waals surface area contributed by atoms with Crippen molar-refractivity contribution >= 4 is 11.6 Å². The van der Waals surface area contributed by atoms with Crippen molar-refractivity contribution in [3.05, 3.63) is 105 Å². The SMILES string of the molecule is COc1c(N)cnc(CNC(=O)c2cnc(Cc3ccc(Cn4ccccc4=O)c(F)c3F)o2)c1F. The summed E-state index contributed by atoms with van der Waals surface area (Å²) in [5.41, 5.74) is 5.08. The smallest absolute Gasteiger partial charge is 0.289 e. The molecule has 186 valence electrons. The van der Waals surface area contributed by atoms with E-state index < -0.39 is 23.4 Å². The Morgan fingerprint density at radius 2 is 1.83 bits per heavy atom. The fraction of sp³-hybridized carbons (Fsp3) is 0.167. The number of ether oxygens (including phenoxy) is 1. The molecule has 4 aromatic rings. The van der Waals surface area contributed by atoms with E-state index in [1.165, 1.54) is 42.3 Å². The van der Waals surface area contributed by atoms with Crippen LogP contribution in [0, 0.1) is 17.5 Å². The van der Waals surface area contributed by atoms with Crippen LogP contribution in [-0.4, -0.2) is 27.6 Å². The zero-order valence-corrected chi connectivity index (χ0v) is 18.9. The van der Waals surface area contributed by atoms with E-state index in [0.717, 1.165) is 6.20 Å². The van der Waals surface area contributed by atoms with Crippen molar-refractivity contribution in [2.24, 2.45) is 0 Å². The van der Waals surface area contributed by atoms with Gasteiger partial charge in [0.25, 0.3) is 11.5 Å². The van der Waals surface area contributed by atoms with E-state index in [-0.39, 0.29) is 65.0 Å². The number of nitrogens with zero attached hydrogens (tertiary/aromatic N) is 3. The number of carbonyl (C=O) groups is 1. The van der Waals surface area contributed by atoms with Gasteiger partial charge in [-0.2, -0.15) is 0 Å². The minimum atomic E-state index is -1.11. The molecular formula is C24H20F3N5O4. The fourth-order valence-electron chi connectivity index (χ4n) is 3.43. The average Bonchev–Trinajstić information content (AvgIpc) is 3.33. The first-order chi connectivity index (χ1) is 17.3. The Morgan fingerprint density at radius 3 is 2.58 bits per heavy atom. The number of benzene rings is 1. The van der Waals surface area contributed by atoms with Crippen LogP contribution < -0.4 is 21.3 Å². The molecule has 3 aromatic heterocycles. The number of aromatic nitrogens is 3. The number of hydrogen-bond donors (Lipinski definition) is 2. The van der Waals surface area contributed by atoms with Gasteiger partial charge in [-0.15, -0.1) is 0 Å². The Hall–Kier alpha value is -4.61. The summed E-state index contributed by atoms with van der Waals surface area (Å²) in [5, 5.41) is 2.43. The second-order valence-electron chi connectivity index (χ2n) is 7.66. The lowest BCUT2D eigenvalue weighted by molar-refractivity contribution is 0.0920. The van der Waals surface area contributed by atoms with Crippen molar-refractivity contribution < 1.29 is 27.1 Å². The van der Waals surface area contributed by atoms with Crippen LogP contribution >= 0.6 is 0 Å². The van der Waals surface area contributed by atoms with Crippen molar-refractivity contribution in [1.29, 1.82) is 0 Å². The van der Waals surface area contributed by atoms with Crippen LogP contribution in [0.25, 0.3) is 0 Å². The minimum absolute atomic E-state index is 0.00263. The van der Waals surface area contributed by atoms with Crippen LogP contribution in [0.1, 0.15) is 33.3 Å². The largest absolute Gasteiger partial charge is 0.491 e. The molecule has 12 heteroatoms. The fourth-order valence-corrected chi connectivity index (χ4v) is 3.43. The van der Waals surface area contributed by atoms with E-state index in [0.29, 0.717) is 0 Å². The summed E-state index contributed by atoms with van der Waals surface area (Å²) in [4.78, 5) is 32.0. The Balaban J connectivity index is 1.43. The highest BCUT2D eigenvalue weighted by Crippen LogP contribution is 2.26. The van der Waals surface area contributed by atoms with Crippen LogP contribution in [0.4, 0.5) is 18.9 Å². The number of nitrogens with two attached hydrogens (primary N) is 1. The number of methoxy groups -OCH3 is 1. The maximum atomic E-state index is 14.7. The third-order valence-electron chi connectivity index (χ3n) is 5.30. The first kappa shape index (κ1) is 24.5. The Morgan fingerprint density at radius 1 is 1.08 bits per heavy atom. The standard InChI is InChI=1S/C24H20F3N5O4/c1-35-23-15(28)9-29-16(22(23)27)10-31-24(34)17-11-30-18(36-17)8-13-5-6-14(21(26)20(13)25)12-32-7-3-2-4-19(32)33/h2-7,9,11H,8,10,12,28H2,1H3,(H,31,34). The van der Waals surface area contributed by atoms with Gasteiger partial charge in [-0.25, -0.2) is 18.2 Å². The number of halogens is 3. The van der Waals surface area contributed by atoms with Gasteiger partial charge in [0.15, 0.2) is 29.1 Å². The molecule has 0 radical (unpaired) electrons. The number of hydrogen-bond acceptors (Lipinski definition) is 7. The number of carbonyl (C=O) groups excluding carboxylic acids is 1. The van der Waals surface area contributed by atoms with Crippen LogP contribution in [0.2, 0.25) is 0 Å². The minimum Gasteiger partial charge on any atom is -0.491 e. The van der Waals surface area contributed by atoms with E-state index in [4.69, 9.17) is 14.9 Å². The molecule has 1 amide bonds. The highest BCUT2D eigenvalue weighted by Gasteiger charge is 2.19. The Bertz CT molecular complexity index is 1490. The topological polar surface area (TPSA) is 125 Å². The molecule has 0 unspecified atom stereocenters. The molecule has 0 saturated heterocycles. The van der Waals surface area contributed by atoms with Crippen molar-refractivity contribution in [3.8, 4) is 5.75 Å².